The maximum absolute atomic E-state index is 5.01. The Morgan fingerprint density at radius 2 is 1.11 bits per heavy atom. The van der Waals surface area contributed by atoms with Crippen LogP contribution in [-0.2, 0) is 25.3 Å². The molecule has 1 N–H and O–H groups in total. The maximum Gasteiger partial charge on any atom is 0.0742 e. The van der Waals surface area contributed by atoms with Crippen LogP contribution in [0.5, 0.6) is 0 Å². The smallest absolute Gasteiger partial charge is 0.0742 e. The van der Waals surface area contributed by atoms with E-state index in [0.29, 0.717) is 7.88 Å². The van der Waals surface area contributed by atoms with Crippen molar-refractivity contribution in [1.29, 1.82) is 0 Å². The van der Waals surface area contributed by atoms with Gasteiger partial charge >= 0.3 is 0 Å². The summed E-state index contributed by atoms with van der Waals surface area (Å²) in [6.45, 7) is 14.6. The van der Waals surface area contributed by atoms with Crippen LogP contribution in [0.25, 0.3) is 0 Å². The monoisotopic (exact) mass is 343 g/mol. The van der Waals surface area contributed by atoms with E-state index in [1.165, 1.54) is 19.6 Å². The van der Waals surface area contributed by atoms with Crippen LogP contribution in [-0.4, -0.2) is 39.8 Å². The van der Waals surface area contributed by atoms with Gasteiger partial charge in [-0.25, -0.2) is 0 Å². The van der Waals surface area contributed by atoms with Crippen molar-refractivity contribution >= 4 is 64.8 Å². The molecule has 0 fully saturated rings. The predicted molar refractivity (Wildman–Crippen MR) is 101 cm³/mol. The Balaban J connectivity index is 0. The summed E-state index contributed by atoms with van der Waals surface area (Å²) in [5, 5.41) is 0. The van der Waals surface area contributed by atoms with Crippen LogP contribution in [0.15, 0.2) is 0 Å². The molecule has 1 nitrogen and oxygen atoms in total. The zero-order valence-corrected chi connectivity index (χ0v) is 16.3. The minimum atomic E-state index is -1.51. The van der Waals surface area contributed by atoms with Crippen LogP contribution in [0.4, 0.5) is 0 Å². The minimum Gasteiger partial charge on any atom is -0.390 e. The Bertz CT molecular complexity index is 229. The molecule has 0 amide bonds. The van der Waals surface area contributed by atoms with Crippen LogP contribution in [0.3, 0.4) is 0 Å². The molecule has 0 bridgehead atoms. The molecule has 108 valence electrons. The molecular weight excluding hydrogens is 317 g/mol. The highest BCUT2D eigenvalue weighted by Gasteiger charge is 2.30. The highest BCUT2D eigenvalue weighted by atomic mass is 32.2. The van der Waals surface area contributed by atoms with Crippen molar-refractivity contribution in [3.63, 3.8) is 0 Å². The molecule has 6 heteroatoms. The normalized spacial score (nSPS) is 10.8. The van der Waals surface area contributed by atoms with Gasteiger partial charge in [0.1, 0.15) is 0 Å². The van der Waals surface area contributed by atoms with Gasteiger partial charge in [-0.3, -0.25) is 0 Å². The Hall–Kier alpha value is 1.01. The first-order valence-corrected chi connectivity index (χ1v) is 10.3. The summed E-state index contributed by atoms with van der Waals surface area (Å²) >= 11 is 20.1. The highest BCUT2D eigenvalue weighted by molar-refractivity contribution is 8.40. The predicted octanol–water partition coefficient (Wildman–Crippen LogP) is 2.64. The van der Waals surface area contributed by atoms with Crippen molar-refractivity contribution in [2.24, 2.45) is 0 Å². The quantitative estimate of drug-likeness (QED) is 0.430. The molecule has 0 saturated carbocycles. The van der Waals surface area contributed by atoms with Gasteiger partial charge in [0.25, 0.3) is 0 Å². The van der Waals surface area contributed by atoms with Gasteiger partial charge in [-0.05, 0) is 34.6 Å². The summed E-state index contributed by atoms with van der Waals surface area (Å²) in [7, 11) is -1.51. The number of rotatable bonds is 7. The number of thiocarbonyl (C=S) groups is 2. The molecule has 0 unspecified atom stereocenters. The first kappa shape index (κ1) is 21.3. The van der Waals surface area contributed by atoms with Gasteiger partial charge in [-0.2, -0.15) is 0 Å². The molecule has 0 spiro atoms. The molecule has 0 radical (unpaired) electrons. The van der Waals surface area contributed by atoms with E-state index in [0.717, 1.165) is 12.3 Å². The summed E-state index contributed by atoms with van der Waals surface area (Å²) in [5.74, 6) is 0. The highest BCUT2D eigenvalue weighted by Crippen LogP contribution is 2.60. The third kappa shape index (κ3) is 6.97. The fraction of sp³-hybridized carbons (Fsp3) is 0.833. The van der Waals surface area contributed by atoms with Gasteiger partial charge < -0.3 is 54.6 Å². The lowest BCUT2D eigenvalue weighted by atomic mass is 10.5. The van der Waals surface area contributed by atoms with Crippen LogP contribution >= 0.6 is 31.7 Å². The molecular formula is C12H26NPS4. The molecule has 0 aliphatic rings. The van der Waals surface area contributed by atoms with Crippen LogP contribution in [0, 0.1) is 0 Å². The lowest BCUT2D eigenvalue weighted by molar-refractivity contribution is -0.894. The summed E-state index contributed by atoms with van der Waals surface area (Å²) in [4.78, 5) is 1.68. The van der Waals surface area contributed by atoms with Crippen LogP contribution < -0.4 is 4.90 Å². The fourth-order valence-electron chi connectivity index (χ4n) is 1.56. The minimum absolute atomic E-state index is 0.627. The van der Waals surface area contributed by atoms with E-state index in [2.05, 4.69) is 34.6 Å². The van der Waals surface area contributed by atoms with Crippen molar-refractivity contribution in [2.45, 2.75) is 34.6 Å². The molecule has 0 rings (SSSR count). The second-order valence-electron chi connectivity index (χ2n) is 3.94. The van der Waals surface area contributed by atoms with Crippen molar-refractivity contribution in [1.82, 2.24) is 0 Å². The van der Waals surface area contributed by atoms with Crippen LogP contribution in [0.1, 0.15) is 34.6 Å². The van der Waals surface area contributed by atoms with Gasteiger partial charge in [-0.1, -0.05) is 0 Å². The van der Waals surface area contributed by atoms with Gasteiger partial charge in [0.2, 0.25) is 0 Å². The number of hydrogen-bond acceptors (Lipinski definition) is 4. The summed E-state index contributed by atoms with van der Waals surface area (Å²) in [6, 6.07) is 0. The zero-order valence-electron chi connectivity index (χ0n) is 12.1. The Morgan fingerprint density at radius 3 is 1.11 bits per heavy atom. The van der Waals surface area contributed by atoms with Gasteiger partial charge in [0.05, 0.1) is 32.0 Å². The van der Waals surface area contributed by atoms with Gasteiger partial charge in [-0.15, -0.1) is 0 Å². The van der Waals surface area contributed by atoms with E-state index in [9.17, 15) is 0 Å². The van der Waals surface area contributed by atoms with Crippen molar-refractivity contribution in [3.8, 4) is 0 Å². The lowest BCUT2D eigenvalue weighted by Gasteiger charge is -2.30. The molecule has 0 aromatic rings. The SMILES string of the molecule is CC[NH+](CC)CC.CC[P+](CC)(C(=S)[S-])C(=S)[S-]. The van der Waals surface area contributed by atoms with Crippen LogP contribution in [0.2, 0.25) is 0 Å². The zero-order chi connectivity index (χ0) is 14.8. The number of quaternary nitrogens is 1. The topological polar surface area (TPSA) is 4.44 Å². The molecule has 0 aliphatic heterocycles. The van der Waals surface area contributed by atoms with E-state index in [1.54, 1.807) is 4.90 Å². The lowest BCUT2D eigenvalue weighted by Crippen LogP contribution is -3.11. The molecule has 0 aromatic heterocycles. The average molecular weight is 344 g/mol. The first-order valence-electron chi connectivity index (χ1n) is 6.49. The third-order valence-electron chi connectivity index (χ3n) is 3.28. The molecule has 0 saturated heterocycles. The van der Waals surface area contributed by atoms with Gasteiger partial charge in [0, 0.05) is 15.1 Å². The molecule has 0 aromatic carbocycles. The third-order valence-corrected chi connectivity index (χ3v) is 11.0. The second-order valence-corrected chi connectivity index (χ2v) is 11.4. The van der Waals surface area contributed by atoms with E-state index >= 15 is 0 Å². The van der Waals surface area contributed by atoms with E-state index in [1.807, 2.05) is 0 Å². The molecule has 0 atom stereocenters. The maximum atomic E-state index is 5.01. The van der Waals surface area contributed by atoms with Crippen molar-refractivity contribution in [3.05, 3.63) is 0 Å². The Kier molecular flexibility index (Phi) is 14.0. The fourth-order valence-corrected chi connectivity index (χ4v) is 8.08. The average Bonchev–Trinajstić information content (AvgIpc) is 2.33. The Labute approximate surface area is 136 Å². The van der Waals surface area contributed by atoms with Crippen molar-refractivity contribution in [2.75, 3.05) is 32.0 Å². The molecule has 0 heterocycles. The summed E-state index contributed by atoms with van der Waals surface area (Å²) in [5.41, 5.74) is 0. The van der Waals surface area contributed by atoms with E-state index in [4.69, 9.17) is 49.7 Å². The Morgan fingerprint density at radius 1 is 0.833 bits per heavy atom. The van der Waals surface area contributed by atoms with Gasteiger partial charge in [0.15, 0.2) is 0 Å². The summed E-state index contributed by atoms with van der Waals surface area (Å²) < 4.78 is 1.25. The largest absolute Gasteiger partial charge is 0.390 e. The number of nitrogens with one attached hydrogen (secondary N) is 1. The summed E-state index contributed by atoms with van der Waals surface area (Å²) in [6.07, 6.45) is 1.88. The first-order chi connectivity index (χ1) is 8.35. The van der Waals surface area contributed by atoms with E-state index in [-0.39, 0.29) is 0 Å². The standard InChI is InChI=1S/C6H15N.C6H11PS4/c1-4-7(5-2)6-3;1-3-7(4-2,5(8)9)6(10)11/h4-6H2,1-3H3;3-4H2,1-2H3,(H-,8,9,10,11). The van der Waals surface area contributed by atoms with E-state index < -0.39 is 7.26 Å². The van der Waals surface area contributed by atoms with Crippen molar-refractivity contribution < 1.29 is 4.90 Å². The number of hydrogen-bond donors (Lipinski definition) is 1. The molecule has 0 aliphatic carbocycles. The second kappa shape index (κ2) is 11.8. The molecule has 18 heavy (non-hydrogen) atoms.